The molecule has 0 bridgehead atoms. The van der Waals surface area contributed by atoms with Crippen LogP contribution in [0.5, 0.6) is 0 Å². The highest BCUT2D eigenvalue weighted by atomic mass is 31.2. The fourth-order valence-electron chi connectivity index (χ4n) is 12.0. The molecule has 582 valence electrons. The molecule has 3 N–H and O–H groups in total. The molecule has 17 nitrogen and oxygen atoms in total. The Labute approximate surface area is 600 Å². The maximum absolute atomic E-state index is 13.1. The van der Waals surface area contributed by atoms with Crippen molar-refractivity contribution in [3.8, 4) is 0 Å². The van der Waals surface area contributed by atoms with Gasteiger partial charge in [-0.15, -0.1) is 0 Å². The third kappa shape index (κ3) is 71.1. The van der Waals surface area contributed by atoms with Crippen molar-refractivity contribution in [3.05, 3.63) is 0 Å². The molecule has 0 heterocycles. The molecule has 0 aromatic rings. The zero-order valence-electron chi connectivity index (χ0n) is 64.4. The molecule has 0 aliphatic carbocycles. The van der Waals surface area contributed by atoms with E-state index in [0.717, 1.165) is 108 Å². The van der Waals surface area contributed by atoms with E-state index >= 15 is 0 Å². The van der Waals surface area contributed by atoms with E-state index in [4.69, 9.17) is 37.0 Å². The van der Waals surface area contributed by atoms with Crippen LogP contribution in [0.2, 0.25) is 0 Å². The molecule has 6 atom stereocenters. The fourth-order valence-corrected chi connectivity index (χ4v) is 13.6. The van der Waals surface area contributed by atoms with E-state index in [2.05, 4.69) is 55.4 Å². The summed E-state index contributed by atoms with van der Waals surface area (Å²) in [5.74, 6) is 0.942. The Balaban J connectivity index is 5.15. The largest absolute Gasteiger partial charge is 0.472 e. The second-order valence-corrected chi connectivity index (χ2v) is 33.0. The first-order valence-corrected chi connectivity index (χ1v) is 43.7. The SMILES string of the molecule is CCC(C)CCCCCCCCCCCCCCCCCCCCC(=O)O[C@H](COC(=O)CCCCCCCCCC(C)C)COP(=O)(O)OCC(O)COP(=O)(O)OC[C@@H](COC(=O)CCCCCCCCCCCCCCCC(C)C)OC(=O)CCCCCCCCCC(C)C. The molecular formula is C79H154O17P2. The van der Waals surface area contributed by atoms with Gasteiger partial charge in [0.1, 0.15) is 19.3 Å². The quantitative estimate of drug-likeness (QED) is 0.0222. The number of carbonyl (C=O) groups is 4. The van der Waals surface area contributed by atoms with Crippen molar-refractivity contribution < 1.29 is 80.2 Å². The van der Waals surface area contributed by atoms with Crippen LogP contribution in [0.1, 0.15) is 402 Å². The number of phosphoric ester groups is 2. The van der Waals surface area contributed by atoms with Crippen LogP contribution in [-0.2, 0) is 65.4 Å². The number of hydrogen-bond donors (Lipinski definition) is 3. The lowest BCUT2D eigenvalue weighted by Crippen LogP contribution is -2.30. The summed E-state index contributed by atoms with van der Waals surface area (Å²) < 4.78 is 68.5. The number of unbranched alkanes of at least 4 members (excludes halogenated alkanes) is 41. The van der Waals surface area contributed by atoms with Crippen LogP contribution < -0.4 is 0 Å². The molecule has 0 aliphatic rings. The maximum atomic E-state index is 13.1. The van der Waals surface area contributed by atoms with Gasteiger partial charge < -0.3 is 33.8 Å². The van der Waals surface area contributed by atoms with Gasteiger partial charge >= 0.3 is 39.5 Å². The Morgan fingerprint density at radius 3 is 0.724 bits per heavy atom. The fraction of sp³-hybridized carbons (Fsp3) is 0.949. The Morgan fingerprint density at radius 1 is 0.286 bits per heavy atom. The second-order valence-electron chi connectivity index (χ2n) is 30.1. The molecule has 0 aliphatic heterocycles. The van der Waals surface area contributed by atoms with Crippen LogP contribution in [0.15, 0.2) is 0 Å². The monoisotopic (exact) mass is 1440 g/mol. The summed E-state index contributed by atoms with van der Waals surface area (Å²) in [5.41, 5.74) is 0. The van der Waals surface area contributed by atoms with Gasteiger partial charge in [-0.1, -0.05) is 351 Å². The third-order valence-corrected chi connectivity index (χ3v) is 20.6. The van der Waals surface area contributed by atoms with Crippen LogP contribution in [0.25, 0.3) is 0 Å². The predicted molar refractivity (Wildman–Crippen MR) is 400 cm³/mol. The van der Waals surface area contributed by atoms with Gasteiger partial charge in [-0.2, -0.15) is 0 Å². The van der Waals surface area contributed by atoms with E-state index in [0.29, 0.717) is 37.5 Å². The van der Waals surface area contributed by atoms with E-state index in [9.17, 15) is 43.2 Å². The minimum absolute atomic E-state index is 0.103. The standard InChI is InChI=1S/C79H154O17P2/c1-9-72(8)58-50-42-34-26-22-18-14-12-10-11-13-15-19-24-28-36-45-53-61-78(83)95-74(66-90-77(82)60-52-44-37-29-32-40-48-56-70(4)5)67-93-97(85,86)91-63-73(80)64-92-98(87,88)94-68-75(96-79(84)62-54-46-38-30-33-41-49-57-71(6)7)65-89-76(81)59-51-43-35-27-23-20-16-17-21-25-31-39-47-55-69(2)3/h69-75,80H,9-68H2,1-8H3,(H,85,86)(H,87,88)/t72?,73?,74-,75-/m1/s1. The molecule has 0 radical (unpaired) electrons. The van der Waals surface area contributed by atoms with Crippen molar-refractivity contribution in [2.24, 2.45) is 23.7 Å². The Morgan fingerprint density at radius 2 is 0.490 bits per heavy atom. The summed E-state index contributed by atoms with van der Waals surface area (Å²) >= 11 is 0. The smallest absolute Gasteiger partial charge is 0.462 e. The van der Waals surface area contributed by atoms with Gasteiger partial charge in [0.15, 0.2) is 12.2 Å². The molecule has 0 aromatic carbocycles. The molecule has 0 saturated carbocycles. The van der Waals surface area contributed by atoms with Gasteiger partial charge in [-0.25, -0.2) is 9.13 Å². The highest BCUT2D eigenvalue weighted by Gasteiger charge is 2.30. The van der Waals surface area contributed by atoms with E-state index in [1.54, 1.807) is 0 Å². The van der Waals surface area contributed by atoms with Crippen molar-refractivity contribution in [1.29, 1.82) is 0 Å². The number of phosphoric acid groups is 2. The zero-order chi connectivity index (χ0) is 72.4. The summed E-state index contributed by atoms with van der Waals surface area (Å²) in [4.78, 5) is 72.8. The van der Waals surface area contributed by atoms with Crippen molar-refractivity contribution >= 4 is 39.5 Å². The molecule has 0 saturated heterocycles. The topological polar surface area (TPSA) is 237 Å². The molecule has 19 heteroatoms. The van der Waals surface area contributed by atoms with Gasteiger partial charge in [0.05, 0.1) is 26.4 Å². The minimum Gasteiger partial charge on any atom is -0.462 e. The van der Waals surface area contributed by atoms with E-state index in [-0.39, 0.29) is 25.7 Å². The van der Waals surface area contributed by atoms with Crippen molar-refractivity contribution in [2.45, 2.75) is 420 Å². The molecule has 0 aromatic heterocycles. The second kappa shape index (κ2) is 68.2. The van der Waals surface area contributed by atoms with Gasteiger partial charge in [0, 0.05) is 25.7 Å². The van der Waals surface area contributed by atoms with Gasteiger partial charge in [0.2, 0.25) is 0 Å². The molecule has 4 unspecified atom stereocenters. The predicted octanol–water partition coefficient (Wildman–Crippen LogP) is 23.2. The number of aliphatic hydroxyl groups excluding tert-OH is 1. The highest BCUT2D eigenvalue weighted by molar-refractivity contribution is 7.47. The maximum Gasteiger partial charge on any atom is 0.472 e. The highest BCUT2D eigenvalue weighted by Crippen LogP contribution is 2.45. The first-order chi connectivity index (χ1) is 47.1. The number of carbonyl (C=O) groups excluding carboxylic acids is 4. The van der Waals surface area contributed by atoms with Crippen LogP contribution in [0.4, 0.5) is 0 Å². The average molecular weight is 1440 g/mol. The van der Waals surface area contributed by atoms with Crippen LogP contribution in [-0.4, -0.2) is 96.7 Å². The number of hydrogen-bond acceptors (Lipinski definition) is 15. The first kappa shape index (κ1) is 96.1. The zero-order valence-corrected chi connectivity index (χ0v) is 66.2. The molecule has 0 rings (SSSR count). The molecule has 0 fully saturated rings. The van der Waals surface area contributed by atoms with Crippen LogP contribution in [0.3, 0.4) is 0 Å². The first-order valence-electron chi connectivity index (χ1n) is 40.7. The van der Waals surface area contributed by atoms with E-state index < -0.39 is 97.5 Å². The average Bonchev–Trinajstić information content (AvgIpc) is 0.955. The number of esters is 4. The van der Waals surface area contributed by atoms with Crippen LogP contribution in [0, 0.1) is 23.7 Å². The summed E-state index contributed by atoms with van der Waals surface area (Å²) in [6.07, 6.45) is 54.4. The summed E-state index contributed by atoms with van der Waals surface area (Å²) in [6, 6.07) is 0. The summed E-state index contributed by atoms with van der Waals surface area (Å²) in [5, 5.41) is 10.6. The number of aliphatic hydroxyl groups is 1. The van der Waals surface area contributed by atoms with Crippen molar-refractivity contribution in [2.75, 3.05) is 39.6 Å². The van der Waals surface area contributed by atoms with Gasteiger partial charge in [-0.05, 0) is 49.4 Å². The lowest BCUT2D eigenvalue weighted by atomic mass is 9.99. The summed E-state index contributed by atoms with van der Waals surface area (Å²) in [7, 11) is -9.91. The van der Waals surface area contributed by atoms with E-state index in [1.165, 1.54) is 199 Å². The third-order valence-electron chi connectivity index (χ3n) is 18.7. The number of rotatable bonds is 76. The minimum atomic E-state index is -4.96. The summed E-state index contributed by atoms with van der Waals surface area (Å²) in [6.45, 7) is 14.2. The number of ether oxygens (including phenoxy) is 4. The molecule has 0 spiro atoms. The Kier molecular flexibility index (Phi) is 66.8. The molecule has 98 heavy (non-hydrogen) atoms. The normalized spacial score (nSPS) is 14.3. The van der Waals surface area contributed by atoms with Crippen molar-refractivity contribution in [3.63, 3.8) is 0 Å². The van der Waals surface area contributed by atoms with E-state index in [1.807, 2.05) is 0 Å². The lowest BCUT2D eigenvalue weighted by Gasteiger charge is -2.21. The molecule has 0 amide bonds. The van der Waals surface area contributed by atoms with Gasteiger partial charge in [0.25, 0.3) is 0 Å². The lowest BCUT2D eigenvalue weighted by molar-refractivity contribution is -0.161. The van der Waals surface area contributed by atoms with Crippen molar-refractivity contribution in [1.82, 2.24) is 0 Å². The van der Waals surface area contributed by atoms with Gasteiger partial charge in [-0.3, -0.25) is 37.3 Å². The Bertz CT molecular complexity index is 1920. The van der Waals surface area contributed by atoms with Crippen LogP contribution >= 0.6 is 15.6 Å². The molecular weight excluding hydrogens is 1280 g/mol. The Hall–Kier alpha value is -1.94.